The molecule has 0 radical (unpaired) electrons. The van der Waals surface area contributed by atoms with E-state index in [4.69, 9.17) is 9.47 Å². The topological polar surface area (TPSA) is 130 Å². The van der Waals surface area contributed by atoms with Crippen LogP contribution in [0.5, 0.6) is 11.5 Å². The molecule has 0 spiro atoms. The van der Waals surface area contributed by atoms with Crippen LogP contribution in [0.1, 0.15) is 26.7 Å². The molecule has 1 atom stereocenters. The second kappa shape index (κ2) is 14.4. The fourth-order valence-corrected chi connectivity index (χ4v) is 5.11. The third-order valence-electron chi connectivity index (χ3n) is 6.24. The predicted molar refractivity (Wildman–Crippen MR) is 153 cm³/mol. The molecule has 1 fully saturated rings. The highest BCUT2D eigenvalue weighted by molar-refractivity contribution is 7.20. The van der Waals surface area contributed by atoms with Crippen LogP contribution in [0.4, 0.5) is 20.4 Å². The van der Waals surface area contributed by atoms with Gasteiger partial charge in [-0.3, -0.25) is 15.6 Å². The Hall–Kier alpha value is -3.74. The minimum absolute atomic E-state index is 0.00844. The fourth-order valence-electron chi connectivity index (χ4n) is 4.14. The summed E-state index contributed by atoms with van der Waals surface area (Å²) >= 11 is 1.30. The molecule has 2 aromatic heterocycles. The number of thiophene rings is 1. The number of hydrogen-bond acceptors (Lipinski definition) is 9. The number of urea groups is 1. The first-order valence-corrected chi connectivity index (χ1v) is 14.0. The van der Waals surface area contributed by atoms with E-state index in [1.807, 2.05) is 24.3 Å². The van der Waals surface area contributed by atoms with E-state index in [9.17, 15) is 9.59 Å². The first-order valence-electron chi connectivity index (χ1n) is 13.2. The lowest BCUT2D eigenvalue weighted by Gasteiger charge is -2.23. The van der Waals surface area contributed by atoms with E-state index in [1.54, 1.807) is 6.07 Å². The van der Waals surface area contributed by atoms with Gasteiger partial charge in [0.25, 0.3) is 0 Å². The summed E-state index contributed by atoms with van der Waals surface area (Å²) in [6.07, 6.45) is 5.73. The molecule has 3 amide bonds. The zero-order valence-corrected chi connectivity index (χ0v) is 23.1. The zero-order valence-electron chi connectivity index (χ0n) is 22.2. The number of nitrogens with zero attached hydrogens (tertiary/aromatic N) is 3. The Morgan fingerprint density at radius 3 is 2.79 bits per heavy atom. The van der Waals surface area contributed by atoms with Gasteiger partial charge in [-0.25, -0.2) is 14.6 Å². The summed E-state index contributed by atoms with van der Waals surface area (Å²) in [5.74, 6) is 1.29. The van der Waals surface area contributed by atoms with Crippen molar-refractivity contribution in [2.75, 3.05) is 50.0 Å². The van der Waals surface area contributed by atoms with Gasteiger partial charge in [0.2, 0.25) is 0 Å². The Morgan fingerprint density at radius 1 is 1.18 bits per heavy atom. The average molecular weight is 554 g/mol. The number of piperidine rings is 1. The van der Waals surface area contributed by atoms with Crippen LogP contribution in [0.2, 0.25) is 0 Å². The molecule has 1 saturated heterocycles. The average Bonchev–Trinajstić information content (AvgIpc) is 3.34. The Bertz CT molecular complexity index is 1210. The van der Waals surface area contributed by atoms with Crippen LogP contribution < -0.4 is 30.7 Å². The van der Waals surface area contributed by atoms with E-state index in [0.29, 0.717) is 24.0 Å². The third-order valence-corrected chi connectivity index (χ3v) is 7.32. The molecule has 1 aliphatic heterocycles. The first kappa shape index (κ1) is 28.3. The van der Waals surface area contributed by atoms with Gasteiger partial charge in [0.1, 0.15) is 17.4 Å². The summed E-state index contributed by atoms with van der Waals surface area (Å²) in [6, 6.07) is 8.93. The van der Waals surface area contributed by atoms with E-state index in [0.717, 1.165) is 55.2 Å². The number of likely N-dealkylation sites (N-methyl/N-ethyl adjacent to an activating group) is 1. The largest absolute Gasteiger partial charge is 0.492 e. The van der Waals surface area contributed by atoms with Crippen molar-refractivity contribution >= 4 is 34.3 Å². The predicted octanol–water partition coefficient (Wildman–Crippen LogP) is 4.41. The van der Waals surface area contributed by atoms with E-state index in [-0.39, 0.29) is 11.8 Å². The molecule has 11 nitrogen and oxygen atoms in total. The summed E-state index contributed by atoms with van der Waals surface area (Å²) in [5.41, 5.74) is 0.879. The Morgan fingerprint density at radius 2 is 2.05 bits per heavy atom. The lowest BCUT2D eigenvalue weighted by atomic mass is 10.1. The number of carbonyl (C=O) groups is 2. The monoisotopic (exact) mass is 553 g/mol. The molecule has 208 valence electrons. The van der Waals surface area contributed by atoms with Crippen LogP contribution in [0.25, 0.3) is 10.4 Å². The van der Waals surface area contributed by atoms with Crippen LogP contribution in [0.3, 0.4) is 0 Å². The minimum Gasteiger partial charge on any atom is -0.492 e. The van der Waals surface area contributed by atoms with Crippen LogP contribution in [0.15, 0.2) is 48.9 Å². The molecular formula is C27H35N7O4S. The number of anilines is 2. The molecule has 3 aromatic rings. The molecule has 1 aliphatic rings. The van der Waals surface area contributed by atoms with Gasteiger partial charge < -0.3 is 25.0 Å². The maximum atomic E-state index is 12.7. The van der Waals surface area contributed by atoms with Crippen molar-refractivity contribution in [2.24, 2.45) is 0 Å². The quantitative estimate of drug-likeness (QED) is 0.275. The number of hydrogen-bond donors (Lipinski definition) is 4. The van der Waals surface area contributed by atoms with Crippen molar-refractivity contribution in [3.05, 3.63) is 48.9 Å². The molecule has 0 bridgehead atoms. The van der Waals surface area contributed by atoms with Crippen molar-refractivity contribution < 1.29 is 19.1 Å². The number of carbonyl (C=O) groups excluding carboxylic acids is 2. The maximum absolute atomic E-state index is 12.7. The Balaban J connectivity index is 1.49. The summed E-state index contributed by atoms with van der Waals surface area (Å²) in [5, 5.41) is 12.0. The van der Waals surface area contributed by atoms with E-state index in [1.165, 1.54) is 29.9 Å². The van der Waals surface area contributed by atoms with Gasteiger partial charge in [-0.05, 0) is 50.2 Å². The van der Waals surface area contributed by atoms with Crippen molar-refractivity contribution in [1.82, 2.24) is 25.5 Å². The van der Waals surface area contributed by atoms with Gasteiger partial charge in [-0.15, -0.1) is 11.3 Å². The van der Waals surface area contributed by atoms with Crippen molar-refractivity contribution in [3.63, 3.8) is 0 Å². The molecule has 4 rings (SSSR count). The van der Waals surface area contributed by atoms with Gasteiger partial charge in [-0.1, -0.05) is 26.0 Å². The zero-order chi connectivity index (χ0) is 27.5. The fraction of sp³-hybridized carbons (Fsp3) is 0.407. The number of amides is 3. The molecule has 4 N–H and O–H groups in total. The molecule has 39 heavy (non-hydrogen) atoms. The van der Waals surface area contributed by atoms with Crippen LogP contribution in [-0.2, 0) is 0 Å². The number of aromatic nitrogens is 2. The van der Waals surface area contributed by atoms with Crippen LogP contribution in [-0.4, -0.2) is 72.4 Å². The number of ether oxygens (including phenoxy) is 2. The van der Waals surface area contributed by atoms with Gasteiger partial charge in [0.05, 0.1) is 6.20 Å². The lowest BCUT2D eigenvalue weighted by molar-refractivity contribution is 0.193. The molecule has 0 aliphatic carbocycles. The van der Waals surface area contributed by atoms with Gasteiger partial charge in [0.15, 0.2) is 11.6 Å². The Kier molecular flexibility index (Phi) is 10.5. The molecule has 1 unspecified atom stereocenters. The Labute approximate surface area is 232 Å². The molecule has 0 saturated carbocycles. The number of benzene rings is 1. The van der Waals surface area contributed by atoms with Gasteiger partial charge in [-0.2, -0.15) is 0 Å². The number of nitrogens with one attached hydrogen (secondary N) is 4. The van der Waals surface area contributed by atoms with E-state index in [2.05, 4.69) is 50.0 Å². The standard InChI is InChI=1S/C27H35N7O4S/c1-3-34(4-2)13-14-37-21-9-5-7-19(15-21)23-16-22(38-27(36)31-20-8-6-10-28-17-20)25(39-23)33-26(35)32-24-18-29-11-12-30-24/h5,7,9,11-12,15-16,18,20,28H,3-4,6,8,10,13-14,17H2,1-2H3,(H,31,36)(H2,30,32,33,35). The molecule has 3 heterocycles. The van der Waals surface area contributed by atoms with Gasteiger partial charge in [0, 0.05) is 42.5 Å². The van der Waals surface area contributed by atoms with Crippen molar-refractivity contribution in [3.8, 4) is 21.9 Å². The summed E-state index contributed by atoms with van der Waals surface area (Å²) in [6.45, 7) is 9.26. The summed E-state index contributed by atoms with van der Waals surface area (Å²) < 4.78 is 11.7. The smallest absolute Gasteiger partial charge is 0.412 e. The summed E-state index contributed by atoms with van der Waals surface area (Å²) in [7, 11) is 0. The highest BCUT2D eigenvalue weighted by Gasteiger charge is 2.21. The summed E-state index contributed by atoms with van der Waals surface area (Å²) in [4.78, 5) is 36.5. The molecule has 1 aromatic carbocycles. The maximum Gasteiger partial charge on any atom is 0.412 e. The molecule has 12 heteroatoms. The third kappa shape index (κ3) is 8.63. The van der Waals surface area contributed by atoms with Crippen molar-refractivity contribution in [1.29, 1.82) is 0 Å². The van der Waals surface area contributed by atoms with Crippen molar-refractivity contribution in [2.45, 2.75) is 32.7 Å². The van der Waals surface area contributed by atoms with Crippen LogP contribution >= 0.6 is 11.3 Å². The molecular weight excluding hydrogens is 518 g/mol. The normalized spacial score (nSPS) is 15.0. The van der Waals surface area contributed by atoms with Crippen LogP contribution in [0, 0.1) is 0 Å². The minimum atomic E-state index is -0.570. The van der Waals surface area contributed by atoms with E-state index >= 15 is 0 Å². The highest BCUT2D eigenvalue weighted by atomic mass is 32.1. The SMILES string of the molecule is CCN(CC)CCOc1cccc(-c2cc(OC(=O)NC3CCCNC3)c(NC(=O)Nc3cnccn3)s2)c1. The highest BCUT2D eigenvalue weighted by Crippen LogP contribution is 2.41. The lowest BCUT2D eigenvalue weighted by Crippen LogP contribution is -2.46. The second-order valence-electron chi connectivity index (χ2n) is 8.95. The first-order chi connectivity index (χ1) is 19.0. The van der Waals surface area contributed by atoms with E-state index < -0.39 is 12.1 Å². The van der Waals surface area contributed by atoms with Gasteiger partial charge >= 0.3 is 12.1 Å². The second-order valence-corrected chi connectivity index (χ2v) is 10.0. The number of rotatable bonds is 11.